The number of primary amides is 1. The van der Waals surface area contributed by atoms with E-state index in [0.29, 0.717) is 0 Å². The van der Waals surface area contributed by atoms with Crippen LogP contribution in [-0.4, -0.2) is 40.2 Å². The molecule has 0 saturated carbocycles. The Morgan fingerprint density at radius 3 is 2.36 bits per heavy atom. The third kappa shape index (κ3) is 3.78. The lowest BCUT2D eigenvalue weighted by molar-refractivity contribution is -0.155. The molecule has 0 spiro atoms. The van der Waals surface area contributed by atoms with Crippen molar-refractivity contribution in [3.8, 4) is 0 Å². The maximum atomic E-state index is 12.5. The van der Waals surface area contributed by atoms with E-state index in [0.717, 1.165) is 4.90 Å². The Morgan fingerprint density at radius 1 is 1.20 bits per heavy atom. The van der Waals surface area contributed by atoms with Crippen molar-refractivity contribution < 1.29 is 23.9 Å². The van der Waals surface area contributed by atoms with Gasteiger partial charge < -0.3 is 16.2 Å². The topological polar surface area (TPSA) is 133 Å². The summed E-state index contributed by atoms with van der Waals surface area (Å²) in [7, 11) is 0. The summed E-state index contributed by atoms with van der Waals surface area (Å²) < 4.78 is 5.17. The summed E-state index contributed by atoms with van der Waals surface area (Å²) in [5.41, 5.74) is 10.8. The molecule has 1 atom stereocenters. The molecule has 4 N–H and O–H groups in total. The van der Waals surface area contributed by atoms with Crippen molar-refractivity contribution in [1.29, 1.82) is 0 Å². The number of nitrogens with zero attached hydrogens (tertiary/aromatic N) is 1. The second-order valence-corrected chi connectivity index (χ2v) is 6.79. The van der Waals surface area contributed by atoms with Crippen LogP contribution in [0.1, 0.15) is 54.3 Å². The molecule has 0 radical (unpaired) electrons. The van der Waals surface area contributed by atoms with Crippen LogP contribution in [0.4, 0.5) is 5.69 Å². The van der Waals surface area contributed by atoms with Gasteiger partial charge in [0.1, 0.15) is 11.6 Å². The molecular weight excluding hydrogens is 326 g/mol. The Labute approximate surface area is 145 Å². The van der Waals surface area contributed by atoms with Crippen molar-refractivity contribution in [1.82, 2.24) is 4.90 Å². The van der Waals surface area contributed by atoms with Gasteiger partial charge in [-0.25, -0.2) is 0 Å². The summed E-state index contributed by atoms with van der Waals surface area (Å²) in [5, 5.41) is 0. The first-order chi connectivity index (χ1) is 11.5. The number of carbonyl (C=O) groups is 4. The molecule has 3 amide bonds. The van der Waals surface area contributed by atoms with Crippen molar-refractivity contribution in [2.24, 2.45) is 5.73 Å². The van der Waals surface area contributed by atoms with Crippen molar-refractivity contribution >= 4 is 29.4 Å². The van der Waals surface area contributed by atoms with E-state index in [9.17, 15) is 19.2 Å². The number of hydrogen-bond donors (Lipinski definition) is 2. The van der Waals surface area contributed by atoms with Gasteiger partial charge in [0.15, 0.2) is 0 Å². The average molecular weight is 347 g/mol. The van der Waals surface area contributed by atoms with Gasteiger partial charge in [-0.05, 0) is 39.3 Å². The van der Waals surface area contributed by atoms with Gasteiger partial charge in [-0.3, -0.25) is 24.1 Å². The monoisotopic (exact) mass is 347 g/mol. The quantitative estimate of drug-likeness (QED) is 0.461. The fraction of sp³-hybridized carbons (Fsp3) is 0.412. The lowest BCUT2D eigenvalue weighted by Crippen LogP contribution is -2.48. The normalized spacial score (nSPS) is 15.1. The lowest BCUT2D eigenvalue weighted by Gasteiger charge is -2.24. The third-order valence-corrected chi connectivity index (χ3v) is 3.66. The molecule has 1 aliphatic heterocycles. The van der Waals surface area contributed by atoms with E-state index in [-0.39, 0.29) is 29.7 Å². The van der Waals surface area contributed by atoms with Gasteiger partial charge in [0.25, 0.3) is 11.8 Å². The second kappa shape index (κ2) is 6.54. The van der Waals surface area contributed by atoms with Gasteiger partial charge in [0.2, 0.25) is 5.91 Å². The van der Waals surface area contributed by atoms with E-state index < -0.39 is 35.3 Å². The number of nitrogens with two attached hydrogens (primary N) is 2. The fourth-order valence-electron chi connectivity index (χ4n) is 2.66. The van der Waals surface area contributed by atoms with Gasteiger partial charge in [-0.15, -0.1) is 0 Å². The predicted octanol–water partition coefficient (Wildman–Crippen LogP) is 0.841. The number of hydrogen-bond acceptors (Lipinski definition) is 6. The van der Waals surface area contributed by atoms with Crippen LogP contribution in [0, 0.1) is 0 Å². The minimum atomic E-state index is -1.25. The van der Waals surface area contributed by atoms with Gasteiger partial charge in [0.05, 0.1) is 11.1 Å². The summed E-state index contributed by atoms with van der Waals surface area (Å²) >= 11 is 0. The van der Waals surface area contributed by atoms with Crippen LogP contribution in [0.2, 0.25) is 0 Å². The van der Waals surface area contributed by atoms with Crippen LogP contribution in [-0.2, 0) is 14.3 Å². The molecule has 1 heterocycles. The number of ether oxygens (including phenoxy) is 1. The Hall–Kier alpha value is -2.90. The van der Waals surface area contributed by atoms with Crippen LogP contribution in [0.25, 0.3) is 0 Å². The van der Waals surface area contributed by atoms with Crippen LogP contribution < -0.4 is 11.5 Å². The van der Waals surface area contributed by atoms with Crippen molar-refractivity contribution in [3.63, 3.8) is 0 Å². The van der Waals surface area contributed by atoms with Gasteiger partial charge in [0, 0.05) is 12.1 Å². The van der Waals surface area contributed by atoms with E-state index in [2.05, 4.69) is 0 Å². The van der Waals surface area contributed by atoms with E-state index in [1.165, 1.54) is 12.1 Å². The lowest BCUT2D eigenvalue weighted by atomic mass is 10.1. The molecule has 1 aliphatic rings. The van der Waals surface area contributed by atoms with Gasteiger partial charge in [-0.1, -0.05) is 6.07 Å². The van der Waals surface area contributed by atoms with Crippen molar-refractivity contribution in [2.45, 2.75) is 45.3 Å². The number of esters is 1. The molecule has 2 rings (SSSR count). The highest BCUT2D eigenvalue weighted by Crippen LogP contribution is 2.30. The number of carbonyl (C=O) groups excluding carboxylic acids is 4. The van der Waals surface area contributed by atoms with Crippen LogP contribution in [0.5, 0.6) is 0 Å². The highest BCUT2D eigenvalue weighted by Gasteiger charge is 2.43. The minimum Gasteiger partial charge on any atom is -0.460 e. The molecule has 0 aliphatic carbocycles. The molecule has 0 bridgehead atoms. The maximum absolute atomic E-state index is 12.5. The van der Waals surface area contributed by atoms with Crippen molar-refractivity contribution in [2.75, 3.05) is 5.73 Å². The molecule has 1 unspecified atom stereocenters. The number of anilines is 1. The van der Waals surface area contributed by atoms with Gasteiger partial charge in [-0.2, -0.15) is 0 Å². The first kappa shape index (κ1) is 18.4. The molecule has 1 aromatic rings. The highest BCUT2D eigenvalue weighted by molar-refractivity contribution is 6.24. The minimum absolute atomic E-state index is 0.0519. The van der Waals surface area contributed by atoms with Crippen molar-refractivity contribution in [3.05, 3.63) is 29.3 Å². The average Bonchev–Trinajstić information content (AvgIpc) is 2.71. The molecule has 25 heavy (non-hydrogen) atoms. The molecular formula is C17H21N3O5. The Morgan fingerprint density at radius 2 is 1.84 bits per heavy atom. The summed E-state index contributed by atoms with van der Waals surface area (Å²) in [5.74, 6) is -2.77. The van der Waals surface area contributed by atoms with Crippen LogP contribution in [0.3, 0.4) is 0 Å². The zero-order valence-corrected chi connectivity index (χ0v) is 14.4. The predicted molar refractivity (Wildman–Crippen MR) is 89.4 cm³/mol. The molecule has 1 aromatic carbocycles. The highest BCUT2D eigenvalue weighted by atomic mass is 16.6. The smallest absolute Gasteiger partial charge is 0.306 e. The largest absolute Gasteiger partial charge is 0.460 e. The number of amides is 3. The molecule has 0 fully saturated rings. The molecule has 8 nitrogen and oxygen atoms in total. The number of imide groups is 1. The van der Waals surface area contributed by atoms with Gasteiger partial charge >= 0.3 is 5.97 Å². The van der Waals surface area contributed by atoms with E-state index in [4.69, 9.17) is 16.2 Å². The number of rotatable bonds is 5. The first-order valence-electron chi connectivity index (χ1n) is 7.80. The zero-order valence-electron chi connectivity index (χ0n) is 14.4. The molecule has 0 saturated heterocycles. The summed E-state index contributed by atoms with van der Waals surface area (Å²) in [6.45, 7) is 5.14. The zero-order chi connectivity index (χ0) is 18.9. The Bertz CT molecular complexity index is 751. The van der Waals surface area contributed by atoms with Crippen LogP contribution >= 0.6 is 0 Å². The molecule has 8 heteroatoms. The molecule has 134 valence electrons. The van der Waals surface area contributed by atoms with E-state index in [1.54, 1.807) is 26.8 Å². The van der Waals surface area contributed by atoms with E-state index in [1.807, 2.05) is 0 Å². The number of nitrogen functional groups attached to an aromatic ring is 1. The summed E-state index contributed by atoms with van der Waals surface area (Å²) in [6, 6.07) is 3.24. The summed E-state index contributed by atoms with van der Waals surface area (Å²) in [4.78, 5) is 49.5. The third-order valence-electron chi connectivity index (χ3n) is 3.66. The first-order valence-corrected chi connectivity index (χ1v) is 7.80. The Kier molecular flexibility index (Phi) is 4.82. The summed E-state index contributed by atoms with van der Waals surface area (Å²) in [6.07, 6.45) is -0.274. The maximum Gasteiger partial charge on any atom is 0.306 e. The molecule has 0 aromatic heterocycles. The fourth-order valence-corrected chi connectivity index (χ4v) is 2.66. The van der Waals surface area contributed by atoms with Crippen LogP contribution in [0.15, 0.2) is 18.2 Å². The second-order valence-electron chi connectivity index (χ2n) is 6.79. The van der Waals surface area contributed by atoms with E-state index >= 15 is 0 Å². The number of benzene rings is 1. The SMILES string of the molecule is CC(C)(C)OC(=O)CCC(C(N)=O)N1C(=O)c2cccc(N)c2C1=O. The number of fused-ring (bicyclic) bond motifs is 1. The standard InChI is InChI=1S/C17H21N3O5/c1-17(2,3)25-12(21)8-7-11(14(19)22)20-15(23)9-5-4-6-10(18)13(9)16(20)24/h4-6,11H,7-8,18H2,1-3H3,(H2,19,22). The Balaban J connectivity index is 2.21.